The van der Waals surface area contributed by atoms with Crippen molar-refractivity contribution < 1.29 is 19.4 Å². The van der Waals surface area contributed by atoms with Crippen molar-refractivity contribution in [2.45, 2.75) is 11.7 Å². The third-order valence-corrected chi connectivity index (χ3v) is 3.30. The standard InChI is InChI=1S/C12H15NO4S/c1-18-11(12(16)13-7-14)6-9-2-4-10(5-3-9)17-8-15/h2-5,7,11,15H,6,8H2,1H3,(H,13,14,16). The lowest BCUT2D eigenvalue weighted by molar-refractivity contribution is -0.124. The van der Waals surface area contributed by atoms with Crippen molar-refractivity contribution in [2.75, 3.05) is 13.0 Å². The van der Waals surface area contributed by atoms with E-state index in [1.54, 1.807) is 12.1 Å². The third kappa shape index (κ3) is 4.38. The van der Waals surface area contributed by atoms with Gasteiger partial charge in [0.25, 0.3) is 0 Å². The third-order valence-electron chi connectivity index (χ3n) is 2.35. The fourth-order valence-electron chi connectivity index (χ4n) is 1.44. The van der Waals surface area contributed by atoms with Gasteiger partial charge in [0.15, 0.2) is 6.79 Å². The van der Waals surface area contributed by atoms with E-state index in [2.05, 4.69) is 5.32 Å². The Bertz CT molecular complexity index is 394. The Morgan fingerprint density at radius 2 is 2.17 bits per heavy atom. The first-order valence-corrected chi connectivity index (χ1v) is 6.59. The van der Waals surface area contributed by atoms with E-state index in [1.807, 2.05) is 18.4 Å². The molecule has 0 aliphatic heterocycles. The van der Waals surface area contributed by atoms with E-state index >= 15 is 0 Å². The zero-order valence-electron chi connectivity index (χ0n) is 9.96. The molecule has 0 bridgehead atoms. The number of carbonyl (C=O) groups excluding carboxylic acids is 2. The van der Waals surface area contributed by atoms with Gasteiger partial charge in [0.05, 0.1) is 5.25 Å². The van der Waals surface area contributed by atoms with Crippen molar-refractivity contribution in [3.05, 3.63) is 29.8 Å². The molecule has 0 fully saturated rings. The Kier molecular flexibility index (Phi) is 6.24. The van der Waals surface area contributed by atoms with Gasteiger partial charge in [-0.15, -0.1) is 0 Å². The number of thioether (sulfide) groups is 1. The molecule has 1 rings (SSSR count). The van der Waals surface area contributed by atoms with Gasteiger partial charge < -0.3 is 9.84 Å². The molecular weight excluding hydrogens is 254 g/mol. The van der Waals surface area contributed by atoms with Crippen LogP contribution in [0.2, 0.25) is 0 Å². The van der Waals surface area contributed by atoms with Gasteiger partial charge in [0, 0.05) is 0 Å². The monoisotopic (exact) mass is 269 g/mol. The van der Waals surface area contributed by atoms with E-state index in [-0.39, 0.29) is 18.0 Å². The highest BCUT2D eigenvalue weighted by Crippen LogP contribution is 2.17. The van der Waals surface area contributed by atoms with Crippen LogP contribution in [0.1, 0.15) is 5.56 Å². The van der Waals surface area contributed by atoms with Crippen LogP contribution < -0.4 is 10.1 Å². The lowest BCUT2D eigenvalue weighted by Gasteiger charge is -2.12. The zero-order chi connectivity index (χ0) is 13.4. The molecule has 0 aromatic heterocycles. The maximum Gasteiger partial charge on any atom is 0.239 e. The molecule has 98 valence electrons. The summed E-state index contributed by atoms with van der Waals surface area (Å²) in [6, 6.07) is 7.09. The van der Waals surface area contributed by atoms with Crippen LogP contribution in [0.4, 0.5) is 0 Å². The maximum atomic E-state index is 11.5. The van der Waals surface area contributed by atoms with E-state index in [4.69, 9.17) is 9.84 Å². The molecule has 0 aliphatic rings. The number of aliphatic hydroxyl groups excluding tert-OH is 1. The number of nitrogens with one attached hydrogen (secondary N) is 1. The molecule has 1 aromatic rings. The minimum Gasteiger partial charge on any atom is -0.468 e. The summed E-state index contributed by atoms with van der Waals surface area (Å²) >= 11 is 1.39. The van der Waals surface area contributed by atoms with Crippen molar-refractivity contribution >= 4 is 24.1 Å². The number of rotatable bonds is 7. The van der Waals surface area contributed by atoms with Crippen LogP contribution in [-0.2, 0) is 16.0 Å². The normalized spacial score (nSPS) is 11.7. The molecule has 2 amide bonds. The minimum absolute atomic E-state index is 0.298. The van der Waals surface area contributed by atoms with Gasteiger partial charge >= 0.3 is 0 Å². The highest BCUT2D eigenvalue weighted by Gasteiger charge is 2.17. The molecule has 18 heavy (non-hydrogen) atoms. The smallest absolute Gasteiger partial charge is 0.239 e. The van der Waals surface area contributed by atoms with Gasteiger partial charge in [-0.2, -0.15) is 11.8 Å². The molecule has 0 aliphatic carbocycles. The molecule has 0 saturated carbocycles. The summed E-state index contributed by atoms with van der Waals surface area (Å²) in [5.41, 5.74) is 0.959. The molecule has 1 unspecified atom stereocenters. The van der Waals surface area contributed by atoms with Crippen LogP contribution in [0.3, 0.4) is 0 Å². The number of benzene rings is 1. The average molecular weight is 269 g/mol. The summed E-state index contributed by atoms with van der Waals surface area (Å²) in [7, 11) is 0. The first-order chi connectivity index (χ1) is 8.71. The van der Waals surface area contributed by atoms with Gasteiger partial charge in [0.1, 0.15) is 5.75 Å². The average Bonchev–Trinajstić information content (AvgIpc) is 2.38. The Morgan fingerprint density at radius 3 is 2.67 bits per heavy atom. The van der Waals surface area contributed by atoms with Crippen molar-refractivity contribution in [2.24, 2.45) is 0 Å². The number of carbonyl (C=O) groups is 2. The number of hydrogen-bond acceptors (Lipinski definition) is 5. The summed E-state index contributed by atoms with van der Waals surface area (Å²) in [5.74, 6) is 0.271. The van der Waals surface area contributed by atoms with Crippen LogP contribution >= 0.6 is 11.8 Å². The summed E-state index contributed by atoms with van der Waals surface area (Å²) in [6.45, 7) is -0.367. The van der Waals surface area contributed by atoms with Crippen molar-refractivity contribution in [1.29, 1.82) is 0 Å². The number of imide groups is 1. The molecule has 5 nitrogen and oxygen atoms in total. The molecular formula is C12H15NO4S. The van der Waals surface area contributed by atoms with Crippen LogP contribution in [0.25, 0.3) is 0 Å². The van der Waals surface area contributed by atoms with E-state index in [0.717, 1.165) is 5.56 Å². The second-order valence-electron chi connectivity index (χ2n) is 3.47. The molecule has 0 saturated heterocycles. The quantitative estimate of drug-likeness (QED) is 0.559. The zero-order valence-corrected chi connectivity index (χ0v) is 10.8. The minimum atomic E-state index is -0.367. The highest BCUT2D eigenvalue weighted by atomic mass is 32.2. The molecule has 6 heteroatoms. The van der Waals surface area contributed by atoms with Crippen molar-refractivity contribution in [3.8, 4) is 5.75 Å². The lowest BCUT2D eigenvalue weighted by Crippen LogP contribution is -2.32. The number of aliphatic hydroxyl groups is 1. The summed E-state index contributed by atoms with van der Waals surface area (Å²) in [4.78, 5) is 21.8. The van der Waals surface area contributed by atoms with Crippen molar-refractivity contribution in [1.82, 2.24) is 5.32 Å². The van der Waals surface area contributed by atoms with Gasteiger partial charge in [-0.3, -0.25) is 14.9 Å². The summed E-state index contributed by atoms with van der Waals surface area (Å²) in [6.07, 6.45) is 2.74. The van der Waals surface area contributed by atoms with E-state index in [1.165, 1.54) is 11.8 Å². The number of ether oxygens (including phenoxy) is 1. The molecule has 1 aromatic carbocycles. The summed E-state index contributed by atoms with van der Waals surface area (Å²) < 4.78 is 4.90. The predicted molar refractivity (Wildman–Crippen MR) is 69.4 cm³/mol. The van der Waals surface area contributed by atoms with Crippen LogP contribution in [0, 0.1) is 0 Å². The first-order valence-electron chi connectivity index (χ1n) is 5.30. The Balaban J connectivity index is 2.64. The fraction of sp³-hybridized carbons (Fsp3) is 0.333. The molecule has 0 spiro atoms. The topological polar surface area (TPSA) is 75.6 Å². The first kappa shape index (κ1) is 14.5. The SMILES string of the molecule is CSC(Cc1ccc(OCO)cc1)C(=O)NC=O. The lowest BCUT2D eigenvalue weighted by atomic mass is 10.1. The Hall–Kier alpha value is -1.53. The van der Waals surface area contributed by atoms with Gasteiger partial charge in [0.2, 0.25) is 12.3 Å². The molecule has 2 N–H and O–H groups in total. The van der Waals surface area contributed by atoms with Crippen LogP contribution in [-0.4, -0.2) is 35.7 Å². The van der Waals surface area contributed by atoms with E-state index in [9.17, 15) is 9.59 Å². The maximum absolute atomic E-state index is 11.5. The van der Waals surface area contributed by atoms with E-state index in [0.29, 0.717) is 18.6 Å². The van der Waals surface area contributed by atoms with Crippen molar-refractivity contribution in [3.63, 3.8) is 0 Å². The molecule has 1 atom stereocenters. The number of amides is 2. The van der Waals surface area contributed by atoms with Crippen LogP contribution in [0.15, 0.2) is 24.3 Å². The van der Waals surface area contributed by atoms with Crippen LogP contribution in [0.5, 0.6) is 5.75 Å². The second kappa shape index (κ2) is 7.73. The molecule has 0 heterocycles. The predicted octanol–water partition coefficient (Wildman–Crippen LogP) is 0.562. The summed E-state index contributed by atoms with van der Waals surface area (Å²) in [5, 5.41) is 10.4. The van der Waals surface area contributed by atoms with Gasteiger partial charge in [-0.1, -0.05) is 12.1 Å². The van der Waals surface area contributed by atoms with Gasteiger partial charge in [-0.25, -0.2) is 0 Å². The second-order valence-corrected chi connectivity index (χ2v) is 4.51. The number of hydrogen-bond donors (Lipinski definition) is 2. The Labute approximate surface area is 110 Å². The highest BCUT2D eigenvalue weighted by molar-refractivity contribution is 7.99. The van der Waals surface area contributed by atoms with E-state index < -0.39 is 0 Å². The molecule has 0 radical (unpaired) electrons. The Morgan fingerprint density at radius 1 is 1.50 bits per heavy atom. The fourth-order valence-corrected chi connectivity index (χ4v) is 2.09. The largest absolute Gasteiger partial charge is 0.468 e. The van der Waals surface area contributed by atoms with Gasteiger partial charge in [-0.05, 0) is 30.4 Å².